The van der Waals surface area contributed by atoms with Gasteiger partial charge in [-0.2, -0.15) is 0 Å². The van der Waals surface area contributed by atoms with Gasteiger partial charge < -0.3 is 5.11 Å². The van der Waals surface area contributed by atoms with Gasteiger partial charge in [-0.3, -0.25) is 24.5 Å². The van der Waals surface area contributed by atoms with Crippen molar-refractivity contribution in [1.29, 1.82) is 0 Å². The van der Waals surface area contributed by atoms with Crippen LogP contribution in [0.4, 0.5) is 22.7 Å². The minimum atomic E-state index is -4.13. The van der Waals surface area contributed by atoms with Gasteiger partial charge in [-0.25, -0.2) is 8.42 Å². The predicted octanol–water partition coefficient (Wildman–Crippen LogP) is 6.49. The Morgan fingerprint density at radius 2 is 1.51 bits per heavy atom. The topological polar surface area (TPSA) is 130 Å². The number of halogens is 1. The van der Waals surface area contributed by atoms with E-state index in [9.17, 15) is 23.3 Å². The lowest BCUT2D eigenvalue weighted by atomic mass is 10.1. The molecule has 1 amide bonds. The number of para-hydroxylation sites is 2. The molecule has 0 bridgehead atoms. The van der Waals surface area contributed by atoms with Gasteiger partial charge in [0.2, 0.25) is 0 Å². The van der Waals surface area contributed by atoms with Gasteiger partial charge in [-0.05, 0) is 67.6 Å². The summed E-state index contributed by atoms with van der Waals surface area (Å²) in [6.45, 7) is 1.93. The number of nitrogens with one attached hydrogen (secondary N) is 1. The van der Waals surface area contributed by atoms with Crippen LogP contribution in [0.1, 0.15) is 17.3 Å². The van der Waals surface area contributed by atoms with Gasteiger partial charge in [-0.15, -0.1) is 0 Å². The Balaban J connectivity index is 0.00000112. The molecule has 2 N–H and O–H groups in total. The smallest absolute Gasteiger partial charge is 0.289 e. The average molecular weight is 584 g/mol. The van der Waals surface area contributed by atoms with Crippen molar-refractivity contribution < 1.29 is 23.2 Å². The Kier molecular flexibility index (Phi) is 8.56. The fourth-order valence-electron chi connectivity index (χ4n) is 3.75. The lowest BCUT2D eigenvalue weighted by Gasteiger charge is -2.31. The first-order valence-electron chi connectivity index (χ1n) is 11.5. The van der Waals surface area contributed by atoms with Crippen LogP contribution >= 0.6 is 23.4 Å². The number of hydrogen-bond acceptors (Lipinski definition) is 7. The molecular formula is C27H22ClN3O6S2. The highest BCUT2D eigenvalue weighted by molar-refractivity contribution is 7.99. The largest absolute Gasteiger partial charge is 0.397 e. The van der Waals surface area contributed by atoms with E-state index in [1.807, 2.05) is 48.5 Å². The van der Waals surface area contributed by atoms with Crippen LogP contribution in [0.2, 0.25) is 5.02 Å². The molecule has 4 aromatic rings. The second-order valence-corrected chi connectivity index (χ2v) is 11.2. The average Bonchev–Trinajstić information content (AvgIpc) is 2.92. The van der Waals surface area contributed by atoms with Crippen molar-refractivity contribution in [1.82, 2.24) is 0 Å². The number of sulfonamides is 1. The van der Waals surface area contributed by atoms with Crippen LogP contribution in [0.5, 0.6) is 0 Å². The summed E-state index contributed by atoms with van der Waals surface area (Å²) in [6, 6.07) is 24.4. The SMILES string of the molecule is CCO.O=C(c1ccc(NS(=O)(=O)c2ccc(Cl)c([N+](=O)[O-])c2)cc1)N1c2ccccc2Sc2ccccc21. The van der Waals surface area contributed by atoms with E-state index in [2.05, 4.69) is 4.72 Å². The third kappa shape index (κ3) is 6.07. The van der Waals surface area contributed by atoms with Crippen LogP contribution in [0.3, 0.4) is 0 Å². The van der Waals surface area contributed by atoms with Crippen LogP contribution in [-0.4, -0.2) is 31.0 Å². The van der Waals surface area contributed by atoms with Crippen LogP contribution in [0, 0.1) is 10.1 Å². The maximum Gasteiger partial charge on any atom is 0.289 e. The molecule has 0 radical (unpaired) electrons. The fraction of sp³-hybridized carbons (Fsp3) is 0.0741. The molecule has 200 valence electrons. The van der Waals surface area contributed by atoms with Crippen LogP contribution < -0.4 is 9.62 Å². The molecule has 0 atom stereocenters. The summed E-state index contributed by atoms with van der Waals surface area (Å²) in [5.74, 6) is -0.266. The highest BCUT2D eigenvalue weighted by Crippen LogP contribution is 2.48. The number of rotatable bonds is 5. The number of nitro benzene ring substituents is 1. The normalized spacial score (nSPS) is 11.9. The van der Waals surface area contributed by atoms with Crippen molar-refractivity contribution in [2.45, 2.75) is 21.6 Å². The van der Waals surface area contributed by atoms with Gasteiger partial charge in [0.05, 0.1) is 21.2 Å². The summed E-state index contributed by atoms with van der Waals surface area (Å²) in [5.41, 5.74) is 1.57. The number of aliphatic hydroxyl groups is 1. The Morgan fingerprint density at radius 1 is 0.974 bits per heavy atom. The third-order valence-electron chi connectivity index (χ3n) is 5.44. The molecule has 0 saturated carbocycles. The van der Waals surface area contributed by atoms with E-state index < -0.39 is 20.6 Å². The van der Waals surface area contributed by atoms with E-state index >= 15 is 0 Å². The Hall–Kier alpha value is -3.90. The van der Waals surface area contributed by atoms with E-state index in [-0.39, 0.29) is 28.1 Å². The van der Waals surface area contributed by atoms with E-state index in [1.165, 1.54) is 30.3 Å². The third-order valence-corrected chi connectivity index (χ3v) is 8.27. The summed E-state index contributed by atoms with van der Waals surface area (Å²) < 4.78 is 27.9. The summed E-state index contributed by atoms with van der Waals surface area (Å²) >= 11 is 7.37. The van der Waals surface area contributed by atoms with Crippen molar-refractivity contribution >= 4 is 62.0 Å². The zero-order valence-electron chi connectivity index (χ0n) is 20.4. The number of fused-ring (bicyclic) bond motifs is 2. The first-order chi connectivity index (χ1) is 18.7. The molecule has 0 unspecified atom stereocenters. The number of carbonyl (C=O) groups excluding carboxylic acids is 1. The van der Waals surface area contributed by atoms with Crippen molar-refractivity contribution in [2.24, 2.45) is 0 Å². The van der Waals surface area contributed by atoms with Crippen molar-refractivity contribution in [3.8, 4) is 0 Å². The monoisotopic (exact) mass is 583 g/mol. The van der Waals surface area contributed by atoms with E-state index in [0.29, 0.717) is 5.56 Å². The second-order valence-electron chi connectivity index (χ2n) is 8.05. The molecule has 4 aromatic carbocycles. The van der Waals surface area contributed by atoms with Crippen LogP contribution in [-0.2, 0) is 10.0 Å². The van der Waals surface area contributed by atoms with Crippen molar-refractivity contribution in [3.05, 3.63) is 112 Å². The summed E-state index contributed by atoms with van der Waals surface area (Å²) in [4.78, 5) is 27.2. The first kappa shape index (κ1) is 28.1. The van der Waals surface area contributed by atoms with E-state index in [1.54, 1.807) is 23.6 Å². The van der Waals surface area contributed by atoms with Gasteiger partial charge in [0.25, 0.3) is 21.6 Å². The molecule has 9 nitrogen and oxygen atoms in total. The van der Waals surface area contributed by atoms with Crippen molar-refractivity contribution in [3.63, 3.8) is 0 Å². The molecule has 0 fully saturated rings. The number of nitrogens with zero attached hydrogens (tertiary/aromatic N) is 2. The first-order valence-corrected chi connectivity index (χ1v) is 14.2. The van der Waals surface area contributed by atoms with E-state index in [4.69, 9.17) is 16.7 Å². The van der Waals surface area contributed by atoms with Crippen LogP contribution in [0.15, 0.2) is 106 Å². The maximum atomic E-state index is 13.6. The fourth-order valence-corrected chi connectivity index (χ4v) is 6.07. The van der Waals surface area contributed by atoms with E-state index in [0.717, 1.165) is 33.3 Å². The molecule has 12 heteroatoms. The maximum absolute atomic E-state index is 13.6. The Bertz CT molecular complexity index is 1600. The minimum Gasteiger partial charge on any atom is -0.397 e. The molecule has 0 saturated heterocycles. The molecule has 0 spiro atoms. The molecule has 39 heavy (non-hydrogen) atoms. The number of benzene rings is 4. The number of aliphatic hydroxyl groups excluding tert-OH is 1. The number of hydrogen-bond donors (Lipinski definition) is 2. The Labute approximate surface area is 234 Å². The van der Waals surface area contributed by atoms with Crippen LogP contribution in [0.25, 0.3) is 0 Å². The molecule has 1 heterocycles. The number of amides is 1. The van der Waals surface area contributed by atoms with Gasteiger partial charge in [0, 0.05) is 33.7 Å². The number of nitro groups is 1. The van der Waals surface area contributed by atoms with Gasteiger partial charge in [-0.1, -0.05) is 47.6 Å². The number of anilines is 3. The summed E-state index contributed by atoms with van der Waals surface area (Å²) in [7, 11) is -4.13. The lowest BCUT2D eigenvalue weighted by Crippen LogP contribution is -2.28. The zero-order valence-corrected chi connectivity index (χ0v) is 22.8. The standard InChI is InChI=1S/C25H16ClN3O5S2.C2H6O/c26-19-14-13-18(15-22(19)29(31)32)36(33,34)27-17-11-9-16(10-12-17)25(30)28-20-5-1-3-7-23(20)35-24-8-4-2-6-21(24)28;1-2-3/h1-15,27H;3H,2H2,1H3. The highest BCUT2D eigenvalue weighted by Gasteiger charge is 2.29. The summed E-state index contributed by atoms with van der Waals surface area (Å²) in [6.07, 6.45) is 0. The Morgan fingerprint density at radius 3 is 2.05 bits per heavy atom. The highest BCUT2D eigenvalue weighted by atomic mass is 35.5. The van der Waals surface area contributed by atoms with Gasteiger partial charge in [0.1, 0.15) is 5.02 Å². The zero-order chi connectivity index (χ0) is 28.2. The number of carbonyl (C=O) groups is 1. The summed E-state index contributed by atoms with van der Waals surface area (Å²) in [5, 5.41) is 18.5. The molecule has 1 aliphatic heterocycles. The second kappa shape index (κ2) is 11.9. The molecule has 0 aliphatic carbocycles. The predicted molar refractivity (Wildman–Crippen MR) is 152 cm³/mol. The molecule has 0 aromatic heterocycles. The van der Waals surface area contributed by atoms with Gasteiger partial charge in [0.15, 0.2) is 0 Å². The lowest BCUT2D eigenvalue weighted by molar-refractivity contribution is -0.384. The van der Waals surface area contributed by atoms with Gasteiger partial charge >= 0.3 is 0 Å². The quantitative estimate of drug-likeness (QED) is 0.203. The molecular weight excluding hydrogens is 562 g/mol. The molecule has 1 aliphatic rings. The van der Waals surface area contributed by atoms with Crippen molar-refractivity contribution in [2.75, 3.05) is 16.2 Å². The molecule has 5 rings (SSSR count). The minimum absolute atomic E-state index is 0.166.